The average molecular weight is 382 g/mol. The first-order valence-corrected chi connectivity index (χ1v) is 7.79. The van der Waals surface area contributed by atoms with Gasteiger partial charge in [0, 0.05) is 18.8 Å². The minimum Gasteiger partial charge on any atom is -0.332 e. The van der Waals surface area contributed by atoms with Gasteiger partial charge in [0.15, 0.2) is 0 Å². The van der Waals surface area contributed by atoms with Gasteiger partial charge < -0.3 is 10.2 Å². The van der Waals surface area contributed by atoms with Crippen LogP contribution in [-0.4, -0.2) is 35.2 Å². The van der Waals surface area contributed by atoms with E-state index in [4.69, 9.17) is 23.2 Å². The van der Waals surface area contributed by atoms with E-state index in [0.717, 1.165) is 4.90 Å². The molecule has 0 heterocycles. The Morgan fingerprint density at radius 2 is 1.84 bits per heavy atom. The number of para-hydroxylation sites is 1. The predicted octanol–water partition coefficient (Wildman–Crippen LogP) is 3.61. The van der Waals surface area contributed by atoms with E-state index in [1.165, 1.54) is 43.4 Å². The Morgan fingerprint density at radius 1 is 1.16 bits per heavy atom. The summed E-state index contributed by atoms with van der Waals surface area (Å²) in [6, 6.07) is 10.1. The standard InChI is InChI=1S/C16H13Cl2N3O4/c1-20(16(23)11-4-2-3-5-14(11)21(24)25)9-15(22)19-10-6-7-12(17)13(18)8-10/h2-8H,9H2,1H3,(H,19,22). The van der Waals surface area contributed by atoms with Gasteiger partial charge in [0.2, 0.25) is 5.91 Å². The van der Waals surface area contributed by atoms with E-state index in [9.17, 15) is 19.7 Å². The van der Waals surface area contributed by atoms with Crippen LogP contribution in [0, 0.1) is 10.1 Å². The summed E-state index contributed by atoms with van der Waals surface area (Å²) in [7, 11) is 1.38. The molecular formula is C16H13Cl2N3O4. The molecule has 2 aromatic carbocycles. The van der Waals surface area contributed by atoms with E-state index in [1.807, 2.05) is 0 Å². The summed E-state index contributed by atoms with van der Waals surface area (Å²) in [6.07, 6.45) is 0. The largest absolute Gasteiger partial charge is 0.332 e. The second kappa shape index (κ2) is 7.96. The number of hydrogen-bond acceptors (Lipinski definition) is 4. The fourth-order valence-electron chi connectivity index (χ4n) is 2.08. The molecule has 0 aliphatic rings. The Bertz CT molecular complexity index is 842. The first-order valence-electron chi connectivity index (χ1n) is 7.03. The van der Waals surface area contributed by atoms with E-state index >= 15 is 0 Å². The van der Waals surface area contributed by atoms with Crippen LogP contribution in [0.3, 0.4) is 0 Å². The van der Waals surface area contributed by atoms with Crippen LogP contribution in [0.5, 0.6) is 0 Å². The molecule has 7 nitrogen and oxygen atoms in total. The van der Waals surface area contributed by atoms with Crippen LogP contribution >= 0.6 is 23.2 Å². The van der Waals surface area contributed by atoms with Gasteiger partial charge in [-0.05, 0) is 24.3 Å². The van der Waals surface area contributed by atoms with Crippen LogP contribution in [0.2, 0.25) is 10.0 Å². The van der Waals surface area contributed by atoms with Crippen molar-refractivity contribution in [2.24, 2.45) is 0 Å². The zero-order valence-corrected chi connectivity index (χ0v) is 14.5. The second-order valence-electron chi connectivity index (χ2n) is 5.11. The van der Waals surface area contributed by atoms with E-state index in [2.05, 4.69) is 5.32 Å². The Hall–Kier alpha value is -2.64. The SMILES string of the molecule is CN(CC(=O)Nc1ccc(Cl)c(Cl)c1)C(=O)c1ccccc1[N+](=O)[O-]. The number of nitrogens with one attached hydrogen (secondary N) is 1. The van der Waals surface area contributed by atoms with Crippen LogP contribution in [0.15, 0.2) is 42.5 Å². The zero-order valence-electron chi connectivity index (χ0n) is 13.0. The maximum absolute atomic E-state index is 12.4. The van der Waals surface area contributed by atoms with Crippen LogP contribution in [-0.2, 0) is 4.79 Å². The number of carbonyl (C=O) groups is 2. The molecule has 0 unspecified atom stereocenters. The molecular weight excluding hydrogens is 369 g/mol. The molecule has 0 radical (unpaired) electrons. The molecule has 0 saturated heterocycles. The molecule has 0 atom stereocenters. The number of nitro groups is 1. The smallest absolute Gasteiger partial charge is 0.282 e. The van der Waals surface area contributed by atoms with Crippen molar-refractivity contribution < 1.29 is 14.5 Å². The predicted molar refractivity (Wildman–Crippen MR) is 95.1 cm³/mol. The number of amides is 2. The number of likely N-dealkylation sites (N-methyl/N-ethyl adjacent to an activating group) is 1. The second-order valence-corrected chi connectivity index (χ2v) is 5.93. The summed E-state index contributed by atoms with van der Waals surface area (Å²) in [5, 5.41) is 14.2. The van der Waals surface area contributed by atoms with E-state index < -0.39 is 16.7 Å². The van der Waals surface area contributed by atoms with Crippen molar-refractivity contribution in [3.63, 3.8) is 0 Å². The number of hydrogen-bond donors (Lipinski definition) is 1. The molecule has 0 bridgehead atoms. The molecule has 0 aliphatic carbocycles. The maximum Gasteiger partial charge on any atom is 0.282 e. The Balaban J connectivity index is 2.07. The highest BCUT2D eigenvalue weighted by Crippen LogP contribution is 2.25. The summed E-state index contributed by atoms with van der Waals surface area (Å²) in [6.45, 7) is -0.287. The molecule has 2 amide bonds. The number of halogens is 2. The number of nitro benzene ring substituents is 1. The first-order chi connectivity index (χ1) is 11.8. The maximum atomic E-state index is 12.4. The Morgan fingerprint density at radius 3 is 2.48 bits per heavy atom. The number of nitrogens with zero attached hydrogens (tertiary/aromatic N) is 2. The first kappa shape index (κ1) is 18.7. The topological polar surface area (TPSA) is 92.6 Å². The lowest BCUT2D eigenvalue weighted by Crippen LogP contribution is -2.35. The van der Waals surface area contributed by atoms with Gasteiger partial charge in [-0.15, -0.1) is 0 Å². The highest BCUT2D eigenvalue weighted by atomic mass is 35.5. The van der Waals surface area contributed by atoms with Gasteiger partial charge >= 0.3 is 0 Å². The monoisotopic (exact) mass is 381 g/mol. The fourth-order valence-corrected chi connectivity index (χ4v) is 2.38. The third kappa shape index (κ3) is 4.68. The van der Waals surface area contributed by atoms with Gasteiger partial charge in [-0.2, -0.15) is 0 Å². The van der Waals surface area contributed by atoms with Gasteiger partial charge in [-0.3, -0.25) is 19.7 Å². The molecule has 9 heteroatoms. The quantitative estimate of drug-likeness (QED) is 0.632. The van der Waals surface area contributed by atoms with Crippen LogP contribution < -0.4 is 5.32 Å². The molecule has 1 N–H and O–H groups in total. The molecule has 25 heavy (non-hydrogen) atoms. The molecule has 0 spiro atoms. The lowest BCUT2D eigenvalue weighted by Gasteiger charge is -2.17. The summed E-state index contributed by atoms with van der Waals surface area (Å²) in [5.41, 5.74) is 0.0209. The fraction of sp³-hybridized carbons (Fsp3) is 0.125. The summed E-state index contributed by atoms with van der Waals surface area (Å²) < 4.78 is 0. The van der Waals surface area contributed by atoms with Crippen molar-refractivity contribution in [3.8, 4) is 0 Å². The van der Waals surface area contributed by atoms with Gasteiger partial charge in [0.1, 0.15) is 5.56 Å². The van der Waals surface area contributed by atoms with Crippen molar-refractivity contribution in [1.82, 2.24) is 4.90 Å². The van der Waals surface area contributed by atoms with E-state index in [0.29, 0.717) is 10.7 Å². The van der Waals surface area contributed by atoms with Crippen molar-refractivity contribution in [2.45, 2.75) is 0 Å². The van der Waals surface area contributed by atoms with Crippen LogP contribution in [0.1, 0.15) is 10.4 Å². The summed E-state index contributed by atoms with van der Waals surface area (Å²) in [4.78, 5) is 35.9. The Kier molecular flexibility index (Phi) is 5.95. The highest BCUT2D eigenvalue weighted by Gasteiger charge is 2.23. The normalized spacial score (nSPS) is 10.2. The number of benzene rings is 2. The molecule has 130 valence electrons. The highest BCUT2D eigenvalue weighted by molar-refractivity contribution is 6.42. The molecule has 0 saturated carbocycles. The summed E-state index contributed by atoms with van der Waals surface area (Å²) in [5.74, 6) is -1.11. The van der Waals surface area contributed by atoms with E-state index in [1.54, 1.807) is 6.07 Å². The van der Waals surface area contributed by atoms with Gasteiger partial charge in [-0.25, -0.2) is 0 Å². The van der Waals surface area contributed by atoms with E-state index in [-0.39, 0.29) is 22.8 Å². The number of anilines is 1. The van der Waals surface area contributed by atoms with Crippen molar-refractivity contribution >= 4 is 46.4 Å². The lowest BCUT2D eigenvalue weighted by atomic mass is 10.1. The van der Waals surface area contributed by atoms with Gasteiger partial charge in [0.25, 0.3) is 11.6 Å². The molecule has 2 rings (SSSR count). The third-order valence-electron chi connectivity index (χ3n) is 3.26. The van der Waals surface area contributed by atoms with Crippen LogP contribution in [0.4, 0.5) is 11.4 Å². The Labute approximate surface area is 153 Å². The molecule has 0 fully saturated rings. The average Bonchev–Trinajstić information content (AvgIpc) is 2.57. The minimum atomic E-state index is -0.642. The number of rotatable bonds is 5. The van der Waals surface area contributed by atoms with Gasteiger partial charge in [-0.1, -0.05) is 35.3 Å². The zero-order chi connectivity index (χ0) is 18.6. The molecule has 2 aromatic rings. The minimum absolute atomic E-state index is 0.0858. The molecule has 0 aliphatic heterocycles. The third-order valence-corrected chi connectivity index (χ3v) is 4.00. The van der Waals surface area contributed by atoms with Crippen molar-refractivity contribution in [1.29, 1.82) is 0 Å². The van der Waals surface area contributed by atoms with Crippen LogP contribution in [0.25, 0.3) is 0 Å². The summed E-state index contributed by atoms with van der Waals surface area (Å²) >= 11 is 11.7. The lowest BCUT2D eigenvalue weighted by molar-refractivity contribution is -0.385. The van der Waals surface area contributed by atoms with Crippen molar-refractivity contribution in [3.05, 3.63) is 68.2 Å². The number of carbonyl (C=O) groups excluding carboxylic acids is 2. The van der Waals surface area contributed by atoms with Crippen molar-refractivity contribution in [2.75, 3.05) is 18.9 Å². The molecule has 0 aromatic heterocycles. The van der Waals surface area contributed by atoms with Gasteiger partial charge in [0.05, 0.1) is 21.5 Å².